The van der Waals surface area contributed by atoms with Crippen molar-refractivity contribution in [3.63, 3.8) is 0 Å². The second-order valence-electron chi connectivity index (χ2n) is 4.26. The number of aryl methyl sites for hydroxylation is 1. The van der Waals surface area contributed by atoms with Crippen LogP contribution in [0.4, 0.5) is 13.2 Å². The number of nitrogens with two attached hydrogens (primary N) is 1. The Labute approximate surface area is 97.6 Å². The summed E-state index contributed by atoms with van der Waals surface area (Å²) in [6.07, 6.45) is -1.55. The fourth-order valence-electron chi connectivity index (χ4n) is 2.08. The van der Waals surface area contributed by atoms with E-state index in [9.17, 15) is 13.2 Å². The van der Waals surface area contributed by atoms with Gasteiger partial charge in [0, 0.05) is 6.04 Å². The first-order chi connectivity index (χ1) is 7.96. The van der Waals surface area contributed by atoms with Gasteiger partial charge in [0.05, 0.1) is 0 Å². The average Bonchev–Trinajstić information content (AvgIpc) is 2.26. The zero-order valence-electron chi connectivity index (χ0n) is 9.26. The minimum Gasteiger partial charge on any atom is -0.484 e. The molecule has 0 radical (unpaired) electrons. The highest BCUT2D eigenvalue weighted by atomic mass is 19.4. The summed E-state index contributed by atoms with van der Waals surface area (Å²) < 4.78 is 40.7. The van der Waals surface area contributed by atoms with Crippen LogP contribution < -0.4 is 10.5 Å². The van der Waals surface area contributed by atoms with Gasteiger partial charge in [0.1, 0.15) is 5.75 Å². The first kappa shape index (κ1) is 12.2. The van der Waals surface area contributed by atoms with Gasteiger partial charge in [-0.1, -0.05) is 6.07 Å². The topological polar surface area (TPSA) is 35.2 Å². The summed E-state index contributed by atoms with van der Waals surface area (Å²) in [4.78, 5) is 0. The normalized spacial score (nSPS) is 19.9. The number of alkyl halides is 3. The van der Waals surface area contributed by atoms with Crippen LogP contribution in [0, 0.1) is 0 Å². The van der Waals surface area contributed by atoms with Crippen LogP contribution in [0.15, 0.2) is 18.2 Å². The predicted octanol–water partition coefficient (Wildman–Crippen LogP) is 2.96. The average molecular weight is 245 g/mol. The molecular formula is C12H14F3NO. The van der Waals surface area contributed by atoms with Gasteiger partial charge in [0.15, 0.2) is 6.61 Å². The Hall–Kier alpha value is -1.23. The number of ether oxygens (including phenoxy) is 1. The highest BCUT2D eigenvalue weighted by molar-refractivity contribution is 5.38. The molecule has 94 valence electrons. The van der Waals surface area contributed by atoms with Crippen molar-refractivity contribution in [3.8, 4) is 5.75 Å². The van der Waals surface area contributed by atoms with E-state index in [0.717, 1.165) is 30.4 Å². The summed E-state index contributed by atoms with van der Waals surface area (Å²) >= 11 is 0. The molecule has 1 aromatic rings. The second kappa shape index (κ2) is 4.56. The molecule has 1 unspecified atom stereocenters. The molecule has 0 heterocycles. The van der Waals surface area contributed by atoms with Crippen molar-refractivity contribution in [2.75, 3.05) is 6.61 Å². The Kier molecular flexibility index (Phi) is 3.28. The predicted molar refractivity (Wildman–Crippen MR) is 57.9 cm³/mol. The fourth-order valence-corrected chi connectivity index (χ4v) is 2.08. The third-order valence-corrected chi connectivity index (χ3v) is 2.88. The summed E-state index contributed by atoms with van der Waals surface area (Å²) in [6, 6.07) is 4.98. The quantitative estimate of drug-likeness (QED) is 0.869. The summed E-state index contributed by atoms with van der Waals surface area (Å²) in [5.41, 5.74) is 7.95. The number of rotatable bonds is 2. The molecule has 2 rings (SSSR count). The van der Waals surface area contributed by atoms with Gasteiger partial charge in [0.25, 0.3) is 0 Å². The van der Waals surface area contributed by atoms with Crippen molar-refractivity contribution in [1.29, 1.82) is 0 Å². The van der Waals surface area contributed by atoms with Crippen LogP contribution in [-0.4, -0.2) is 12.8 Å². The maximum Gasteiger partial charge on any atom is 0.422 e. The fraction of sp³-hybridized carbons (Fsp3) is 0.500. The highest BCUT2D eigenvalue weighted by Crippen LogP contribution is 2.31. The Morgan fingerprint density at radius 2 is 2.12 bits per heavy atom. The first-order valence-electron chi connectivity index (χ1n) is 5.54. The van der Waals surface area contributed by atoms with Crippen molar-refractivity contribution in [2.45, 2.75) is 31.5 Å². The van der Waals surface area contributed by atoms with Gasteiger partial charge in [-0.15, -0.1) is 0 Å². The summed E-state index contributed by atoms with van der Waals surface area (Å²) in [5, 5.41) is 0. The third kappa shape index (κ3) is 3.12. The number of benzene rings is 1. The third-order valence-electron chi connectivity index (χ3n) is 2.88. The van der Waals surface area contributed by atoms with Crippen LogP contribution in [0.3, 0.4) is 0 Å². The molecule has 1 aliphatic rings. The summed E-state index contributed by atoms with van der Waals surface area (Å²) in [7, 11) is 0. The lowest BCUT2D eigenvalue weighted by molar-refractivity contribution is -0.153. The molecule has 0 spiro atoms. The van der Waals surface area contributed by atoms with E-state index in [1.54, 1.807) is 18.2 Å². The second-order valence-corrected chi connectivity index (χ2v) is 4.26. The lowest BCUT2D eigenvalue weighted by Gasteiger charge is -2.22. The van der Waals surface area contributed by atoms with Crippen molar-refractivity contribution in [2.24, 2.45) is 5.73 Å². The Morgan fingerprint density at radius 1 is 1.35 bits per heavy atom. The molecule has 1 aliphatic carbocycles. The zero-order chi connectivity index (χ0) is 12.5. The molecule has 0 saturated carbocycles. The SMILES string of the molecule is NC1CCCc2cc(OCC(F)(F)F)ccc21. The molecule has 1 atom stereocenters. The molecule has 2 N–H and O–H groups in total. The molecular weight excluding hydrogens is 231 g/mol. The van der Waals surface area contributed by atoms with Crippen LogP contribution in [0.2, 0.25) is 0 Å². The molecule has 17 heavy (non-hydrogen) atoms. The van der Waals surface area contributed by atoms with Crippen molar-refractivity contribution in [1.82, 2.24) is 0 Å². The van der Waals surface area contributed by atoms with Gasteiger partial charge in [-0.2, -0.15) is 13.2 Å². The summed E-state index contributed by atoms with van der Waals surface area (Å²) in [5.74, 6) is 0.259. The van der Waals surface area contributed by atoms with Gasteiger partial charge >= 0.3 is 6.18 Å². The van der Waals surface area contributed by atoms with Gasteiger partial charge < -0.3 is 10.5 Å². The van der Waals surface area contributed by atoms with Crippen LogP contribution in [-0.2, 0) is 6.42 Å². The zero-order valence-corrected chi connectivity index (χ0v) is 9.26. The van der Waals surface area contributed by atoms with E-state index in [-0.39, 0.29) is 11.8 Å². The van der Waals surface area contributed by atoms with Gasteiger partial charge in [0.2, 0.25) is 0 Å². The van der Waals surface area contributed by atoms with Gasteiger partial charge in [-0.25, -0.2) is 0 Å². The van der Waals surface area contributed by atoms with E-state index < -0.39 is 12.8 Å². The van der Waals surface area contributed by atoms with Crippen LogP contribution in [0.1, 0.15) is 30.0 Å². The molecule has 1 aromatic carbocycles. The lowest BCUT2D eigenvalue weighted by atomic mass is 9.88. The summed E-state index contributed by atoms with van der Waals surface area (Å²) in [6.45, 7) is -1.25. The van der Waals surface area contributed by atoms with Crippen LogP contribution >= 0.6 is 0 Å². The van der Waals surface area contributed by atoms with Crippen molar-refractivity contribution < 1.29 is 17.9 Å². The maximum absolute atomic E-state index is 12.0. The smallest absolute Gasteiger partial charge is 0.422 e. The standard InChI is InChI=1S/C12H14F3NO/c13-12(14,15)7-17-9-4-5-10-8(6-9)2-1-3-11(10)16/h4-6,11H,1-3,7,16H2. The molecule has 0 amide bonds. The van der Waals surface area contributed by atoms with E-state index in [2.05, 4.69) is 0 Å². The van der Waals surface area contributed by atoms with E-state index in [1.807, 2.05) is 0 Å². The van der Waals surface area contributed by atoms with E-state index in [1.165, 1.54) is 0 Å². The van der Waals surface area contributed by atoms with Crippen molar-refractivity contribution >= 4 is 0 Å². The van der Waals surface area contributed by atoms with Gasteiger partial charge in [-0.3, -0.25) is 0 Å². The van der Waals surface area contributed by atoms with Crippen molar-refractivity contribution in [3.05, 3.63) is 29.3 Å². The Bertz CT molecular complexity index is 403. The van der Waals surface area contributed by atoms with E-state index in [4.69, 9.17) is 10.5 Å². The molecule has 2 nitrogen and oxygen atoms in total. The first-order valence-corrected chi connectivity index (χ1v) is 5.54. The molecule has 0 saturated heterocycles. The number of hydrogen-bond acceptors (Lipinski definition) is 2. The van der Waals surface area contributed by atoms with E-state index >= 15 is 0 Å². The monoisotopic (exact) mass is 245 g/mol. The molecule has 0 aliphatic heterocycles. The molecule has 0 aromatic heterocycles. The molecule has 5 heteroatoms. The molecule has 0 fully saturated rings. The number of hydrogen-bond donors (Lipinski definition) is 1. The van der Waals surface area contributed by atoms with Crippen LogP contribution in [0.5, 0.6) is 5.75 Å². The highest BCUT2D eigenvalue weighted by Gasteiger charge is 2.28. The molecule has 0 bridgehead atoms. The van der Waals surface area contributed by atoms with Gasteiger partial charge in [-0.05, 0) is 42.5 Å². The Balaban J connectivity index is 2.11. The Morgan fingerprint density at radius 3 is 2.82 bits per heavy atom. The number of halogens is 3. The van der Waals surface area contributed by atoms with E-state index in [0.29, 0.717) is 0 Å². The minimum absolute atomic E-state index is 0.00424. The largest absolute Gasteiger partial charge is 0.484 e. The number of fused-ring (bicyclic) bond motifs is 1. The minimum atomic E-state index is -4.30. The van der Waals surface area contributed by atoms with Crippen LogP contribution in [0.25, 0.3) is 0 Å². The lowest BCUT2D eigenvalue weighted by Crippen LogP contribution is -2.20. The maximum atomic E-state index is 12.0.